The third-order valence-corrected chi connectivity index (χ3v) is 3.09. The van der Waals surface area contributed by atoms with Crippen molar-refractivity contribution in [3.63, 3.8) is 0 Å². The Kier molecular flexibility index (Phi) is 2.36. The molecule has 16 heavy (non-hydrogen) atoms. The standard InChI is InChI=1S/C12H10BrN3/c13-10-6-14-12-11(7-15-16(12)8-10)9-4-2-1-3-5-9/h1-2,4,6-8H,3,5H2. The fourth-order valence-electron chi connectivity index (χ4n) is 1.91. The van der Waals surface area contributed by atoms with E-state index in [1.807, 2.05) is 12.4 Å². The van der Waals surface area contributed by atoms with Crippen molar-refractivity contribution in [3.8, 4) is 0 Å². The molecule has 0 fully saturated rings. The van der Waals surface area contributed by atoms with Crippen molar-refractivity contribution in [3.05, 3.63) is 46.9 Å². The number of hydrogen-bond donors (Lipinski definition) is 0. The van der Waals surface area contributed by atoms with E-state index in [9.17, 15) is 0 Å². The van der Waals surface area contributed by atoms with Crippen LogP contribution in [0.2, 0.25) is 0 Å². The van der Waals surface area contributed by atoms with Crippen LogP contribution >= 0.6 is 15.9 Å². The van der Waals surface area contributed by atoms with Gasteiger partial charge in [0.2, 0.25) is 0 Å². The maximum Gasteiger partial charge on any atom is 0.162 e. The van der Waals surface area contributed by atoms with Gasteiger partial charge in [-0.15, -0.1) is 0 Å². The van der Waals surface area contributed by atoms with Gasteiger partial charge in [0.05, 0.1) is 10.7 Å². The first kappa shape index (κ1) is 9.78. The van der Waals surface area contributed by atoms with E-state index in [0.29, 0.717) is 0 Å². The number of fused-ring (bicyclic) bond motifs is 1. The second kappa shape index (κ2) is 3.87. The number of hydrogen-bond acceptors (Lipinski definition) is 2. The zero-order valence-electron chi connectivity index (χ0n) is 8.60. The van der Waals surface area contributed by atoms with Crippen LogP contribution in [0, 0.1) is 0 Å². The van der Waals surface area contributed by atoms with Gasteiger partial charge in [0.1, 0.15) is 0 Å². The zero-order valence-corrected chi connectivity index (χ0v) is 10.2. The largest absolute Gasteiger partial charge is 0.235 e. The summed E-state index contributed by atoms with van der Waals surface area (Å²) in [5.41, 5.74) is 3.37. The molecule has 0 aromatic carbocycles. The highest BCUT2D eigenvalue weighted by atomic mass is 79.9. The van der Waals surface area contributed by atoms with Gasteiger partial charge in [0.15, 0.2) is 5.65 Å². The number of nitrogens with zero attached hydrogens (tertiary/aromatic N) is 3. The quantitative estimate of drug-likeness (QED) is 0.800. The summed E-state index contributed by atoms with van der Waals surface area (Å²) in [4.78, 5) is 4.40. The van der Waals surface area contributed by atoms with E-state index < -0.39 is 0 Å². The molecular weight excluding hydrogens is 266 g/mol. The first-order chi connectivity index (χ1) is 7.84. The Hall–Kier alpha value is -1.42. The molecule has 0 saturated heterocycles. The summed E-state index contributed by atoms with van der Waals surface area (Å²) in [5.74, 6) is 0. The molecule has 1 aliphatic carbocycles. The third-order valence-electron chi connectivity index (χ3n) is 2.68. The monoisotopic (exact) mass is 275 g/mol. The molecule has 0 atom stereocenters. The van der Waals surface area contributed by atoms with Crippen molar-refractivity contribution in [2.24, 2.45) is 0 Å². The van der Waals surface area contributed by atoms with Crippen molar-refractivity contribution in [1.29, 1.82) is 0 Å². The van der Waals surface area contributed by atoms with Crippen molar-refractivity contribution >= 4 is 27.2 Å². The number of allylic oxidation sites excluding steroid dienone is 4. The normalized spacial score (nSPS) is 15.4. The molecule has 0 aliphatic heterocycles. The molecule has 3 rings (SSSR count). The molecule has 0 N–H and O–H groups in total. The molecule has 0 spiro atoms. The van der Waals surface area contributed by atoms with E-state index in [-0.39, 0.29) is 0 Å². The zero-order chi connectivity index (χ0) is 11.0. The Morgan fingerprint density at radius 2 is 2.25 bits per heavy atom. The Labute approximate surface area is 102 Å². The molecular formula is C12H10BrN3. The molecule has 2 aromatic rings. The molecule has 1 aliphatic rings. The van der Waals surface area contributed by atoms with E-state index in [1.54, 1.807) is 10.7 Å². The van der Waals surface area contributed by atoms with Crippen molar-refractivity contribution in [1.82, 2.24) is 14.6 Å². The molecule has 4 heteroatoms. The van der Waals surface area contributed by atoms with Gasteiger partial charge in [-0.2, -0.15) is 5.10 Å². The van der Waals surface area contributed by atoms with Gasteiger partial charge in [0.25, 0.3) is 0 Å². The predicted molar refractivity (Wildman–Crippen MR) is 67.0 cm³/mol. The van der Waals surface area contributed by atoms with Crippen molar-refractivity contribution in [2.75, 3.05) is 0 Å². The lowest BCUT2D eigenvalue weighted by atomic mass is 10.00. The Bertz CT molecular complexity index is 595. The molecule has 0 saturated carbocycles. The molecule has 0 bridgehead atoms. The van der Waals surface area contributed by atoms with Gasteiger partial charge in [-0.3, -0.25) is 0 Å². The summed E-state index contributed by atoms with van der Waals surface area (Å²) >= 11 is 3.39. The molecule has 3 nitrogen and oxygen atoms in total. The van der Waals surface area contributed by atoms with Gasteiger partial charge >= 0.3 is 0 Å². The minimum Gasteiger partial charge on any atom is -0.235 e. The average Bonchev–Trinajstić information content (AvgIpc) is 2.73. The summed E-state index contributed by atoms with van der Waals surface area (Å²) < 4.78 is 2.74. The Balaban J connectivity index is 2.17. The summed E-state index contributed by atoms with van der Waals surface area (Å²) in [6.07, 6.45) is 14.2. The van der Waals surface area contributed by atoms with Crippen LogP contribution in [0.15, 0.2) is 41.3 Å². The summed E-state index contributed by atoms with van der Waals surface area (Å²) in [5, 5.41) is 4.31. The highest BCUT2D eigenvalue weighted by Gasteiger charge is 2.10. The Morgan fingerprint density at radius 1 is 1.31 bits per heavy atom. The lowest BCUT2D eigenvalue weighted by Crippen LogP contribution is -1.92. The van der Waals surface area contributed by atoms with Crippen LogP contribution < -0.4 is 0 Å². The lowest BCUT2D eigenvalue weighted by molar-refractivity contribution is 0.933. The van der Waals surface area contributed by atoms with Gasteiger partial charge in [-0.05, 0) is 34.3 Å². The van der Waals surface area contributed by atoms with Gasteiger partial charge in [0, 0.05) is 18.0 Å². The van der Waals surface area contributed by atoms with Crippen LogP contribution in [0.3, 0.4) is 0 Å². The molecule has 80 valence electrons. The van der Waals surface area contributed by atoms with Crippen LogP contribution in [0.25, 0.3) is 11.2 Å². The molecule has 0 unspecified atom stereocenters. The molecule has 0 radical (unpaired) electrons. The van der Waals surface area contributed by atoms with Crippen LogP contribution in [0.5, 0.6) is 0 Å². The fraction of sp³-hybridized carbons (Fsp3) is 0.167. The van der Waals surface area contributed by atoms with Gasteiger partial charge in [-0.1, -0.05) is 18.2 Å². The minimum atomic E-state index is 0.921. The third kappa shape index (κ3) is 1.59. The first-order valence-electron chi connectivity index (χ1n) is 5.19. The summed E-state index contributed by atoms with van der Waals surface area (Å²) in [6, 6.07) is 0. The maximum absolute atomic E-state index is 4.40. The number of halogens is 1. The predicted octanol–water partition coefficient (Wildman–Crippen LogP) is 3.23. The summed E-state index contributed by atoms with van der Waals surface area (Å²) in [6.45, 7) is 0. The Morgan fingerprint density at radius 3 is 3.06 bits per heavy atom. The van der Waals surface area contributed by atoms with E-state index in [0.717, 1.165) is 28.5 Å². The van der Waals surface area contributed by atoms with Crippen molar-refractivity contribution < 1.29 is 0 Å². The summed E-state index contributed by atoms with van der Waals surface area (Å²) in [7, 11) is 0. The second-order valence-corrected chi connectivity index (χ2v) is 4.67. The first-order valence-corrected chi connectivity index (χ1v) is 5.99. The SMILES string of the molecule is Brc1cnc2c(C3=CC=CCC3)cnn2c1. The average molecular weight is 276 g/mol. The number of aromatic nitrogens is 3. The minimum absolute atomic E-state index is 0.921. The van der Waals surface area contributed by atoms with Crippen molar-refractivity contribution in [2.45, 2.75) is 12.8 Å². The van der Waals surface area contributed by atoms with E-state index in [1.165, 1.54) is 5.57 Å². The van der Waals surface area contributed by atoms with Crippen LogP contribution in [0.4, 0.5) is 0 Å². The van der Waals surface area contributed by atoms with E-state index >= 15 is 0 Å². The lowest BCUT2D eigenvalue weighted by Gasteiger charge is -2.06. The van der Waals surface area contributed by atoms with Crippen LogP contribution in [-0.4, -0.2) is 14.6 Å². The van der Waals surface area contributed by atoms with E-state index in [2.05, 4.69) is 44.2 Å². The smallest absolute Gasteiger partial charge is 0.162 e. The van der Waals surface area contributed by atoms with Crippen LogP contribution in [-0.2, 0) is 0 Å². The molecule has 2 heterocycles. The highest BCUT2D eigenvalue weighted by Crippen LogP contribution is 2.26. The molecule has 2 aromatic heterocycles. The fourth-order valence-corrected chi connectivity index (χ4v) is 2.20. The van der Waals surface area contributed by atoms with Crippen LogP contribution in [0.1, 0.15) is 18.4 Å². The molecule has 0 amide bonds. The second-order valence-electron chi connectivity index (χ2n) is 3.76. The topological polar surface area (TPSA) is 30.2 Å². The number of rotatable bonds is 1. The van der Waals surface area contributed by atoms with Gasteiger partial charge < -0.3 is 0 Å². The highest BCUT2D eigenvalue weighted by molar-refractivity contribution is 9.10. The maximum atomic E-state index is 4.40. The van der Waals surface area contributed by atoms with Gasteiger partial charge in [-0.25, -0.2) is 9.50 Å². The van der Waals surface area contributed by atoms with E-state index in [4.69, 9.17) is 0 Å².